The average Bonchev–Trinajstić information content (AvgIpc) is 3.35. The summed E-state index contributed by atoms with van der Waals surface area (Å²) in [4.78, 5) is 28.1. The Morgan fingerprint density at radius 3 is 2.81 bits per heavy atom. The molecule has 1 aromatic carbocycles. The zero-order valence-electron chi connectivity index (χ0n) is 16.5. The predicted molar refractivity (Wildman–Crippen MR) is 115 cm³/mol. The Hall–Kier alpha value is -3.46. The number of imide groups is 1. The van der Waals surface area contributed by atoms with Crippen molar-refractivity contribution in [2.75, 3.05) is 10.6 Å². The van der Waals surface area contributed by atoms with Gasteiger partial charge < -0.3 is 10.6 Å². The van der Waals surface area contributed by atoms with Crippen molar-refractivity contribution in [3.8, 4) is 0 Å². The Balaban J connectivity index is 1.58. The third-order valence-electron chi connectivity index (χ3n) is 5.16. The molecule has 0 atom stereocenters. The van der Waals surface area contributed by atoms with Gasteiger partial charge in [-0.3, -0.25) is 14.9 Å². The smallest absolute Gasteiger partial charge is 0.254 e. The number of aromatic nitrogens is 3. The van der Waals surface area contributed by atoms with E-state index in [-0.39, 0.29) is 23.2 Å². The normalized spacial score (nSPS) is 17.5. The minimum atomic E-state index is -0.413. The molecule has 1 aliphatic carbocycles. The lowest BCUT2D eigenvalue weighted by Gasteiger charge is -2.13. The first-order valence-electron chi connectivity index (χ1n) is 9.80. The maximum Gasteiger partial charge on any atom is 0.254 e. The van der Waals surface area contributed by atoms with Gasteiger partial charge in [-0.1, -0.05) is 11.6 Å². The van der Waals surface area contributed by atoms with Crippen molar-refractivity contribution in [2.45, 2.75) is 32.2 Å². The zero-order valence-corrected chi connectivity index (χ0v) is 17.3. The molecule has 3 N–H and O–H groups in total. The number of amides is 2. The molecule has 0 unspecified atom stereocenters. The van der Waals surface area contributed by atoms with E-state index in [0.717, 1.165) is 18.7 Å². The number of aryl methyl sites for hydroxylation is 1. The van der Waals surface area contributed by atoms with Crippen molar-refractivity contribution in [2.24, 2.45) is 0 Å². The highest BCUT2D eigenvalue weighted by molar-refractivity contribution is 6.33. The van der Waals surface area contributed by atoms with Crippen molar-refractivity contribution >= 4 is 52.5 Å². The van der Waals surface area contributed by atoms with Gasteiger partial charge in [0.05, 0.1) is 23.3 Å². The molecule has 3 heterocycles. The first-order valence-corrected chi connectivity index (χ1v) is 10.2. The summed E-state index contributed by atoms with van der Waals surface area (Å²) in [6.45, 7) is 1.66. The van der Waals surface area contributed by atoms with E-state index < -0.39 is 5.91 Å². The van der Waals surface area contributed by atoms with Crippen LogP contribution in [0, 0.1) is 12.7 Å². The second-order valence-electron chi connectivity index (χ2n) is 7.71. The second kappa shape index (κ2) is 7.35. The highest BCUT2D eigenvalue weighted by atomic mass is 35.5. The third-order valence-corrected chi connectivity index (χ3v) is 5.48. The number of anilines is 3. The lowest BCUT2D eigenvalue weighted by molar-refractivity contribution is -0.124. The molecule has 2 aliphatic rings. The van der Waals surface area contributed by atoms with Gasteiger partial charge in [-0.25, -0.2) is 9.37 Å². The van der Waals surface area contributed by atoms with Gasteiger partial charge in [-0.15, -0.1) is 0 Å². The quantitative estimate of drug-likeness (QED) is 0.414. The molecule has 0 bridgehead atoms. The van der Waals surface area contributed by atoms with E-state index in [2.05, 4.69) is 26.0 Å². The molecule has 0 spiro atoms. The molecule has 2 aromatic heterocycles. The molecule has 5 rings (SSSR count). The summed E-state index contributed by atoms with van der Waals surface area (Å²) in [5.41, 5.74) is 2.44. The van der Waals surface area contributed by atoms with Gasteiger partial charge in [0.1, 0.15) is 17.5 Å². The largest absolute Gasteiger partial charge is 0.367 e. The minimum Gasteiger partial charge on any atom is -0.367 e. The predicted octanol–water partition coefficient (Wildman–Crippen LogP) is 3.58. The van der Waals surface area contributed by atoms with Crippen LogP contribution < -0.4 is 16.0 Å². The van der Waals surface area contributed by atoms with Crippen LogP contribution >= 0.6 is 11.6 Å². The number of hydrogen-bond acceptors (Lipinski definition) is 6. The summed E-state index contributed by atoms with van der Waals surface area (Å²) in [5, 5.41) is 13.5. The first-order chi connectivity index (χ1) is 14.9. The lowest BCUT2D eigenvalue weighted by atomic mass is 10.1. The van der Waals surface area contributed by atoms with Crippen molar-refractivity contribution < 1.29 is 14.0 Å². The molecular weight excluding hydrogens is 423 g/mol. The summed E-state index contributed by atoms with van der Waals surface area (Å²) >= 11 is 6.21. The fourth-order valence-corrected chi connectivity index (χ4v) is 3.58. The van der Waals surface area contributed by atoms with Crippen LogP contribution in [0.25, 0.3) is 11.7 Å². The Bertz CT molecular complexity index is 1280. The average molecular weight is 441 g/mol. The summed E-state index contributed by atoms with van der Waals surface area (Å²) in [7, 11) is 0. The van der Waals surface area contributed by atoms with Gasteiger partial charge in [0, 0.05) is 23.2 Å². The van der Waals surface area contributed by atoms with Gasteiger partial charge in [-0.05, 0) is 43.5 Å². The highest BCUT2D eigenvalue weighted by Crippen LogP contribution is 2.31. The molecule has 1 saturated heterocycles. The fourth-order valence-electron chi connectivity index (χ4n) is 3.38. The molecule has 1 aliphatic heterocycles. The molecule has 2 fully saturated rings. The van der Waals surface area contributed by atoms with Gasteiger partial charge in [0.25, 0.3) is 5.91 Å². The number of benzene rings is 1. The van der Waals surface area contributed by atoms with Crippen LogP contribution in [0.1, 0.15) is 30.4 Å². The zero-order chi connectivity index (χ0) is 21.7. The van der Waals surface area contributed by atoms with Crippen LogP contribution in [-0.2, 0) is 9.59 Å². The number of nitrogens with one attached hydrogen (secondary N) is 3. The summed E-state index contributed by atoms with van der Waals surface area (Å²) in [6, 6.07) is 5.03. The standard InChI is InChI=1S/C21H18ClFN6O2/c1-10-4-16(14(22)7-15(10)23)26-17-8-18(25-13-2-3-13)29-20(27-17)12(9-24-29)5-11-6-19(30)28-21(11)31/h4-5,7-9,13,25H,2-3,6H2,1H3,(H,26,27)(H,28,30,31). The molecule has 0 radical (unpaired) electrons. The molecule has 1 saturated carbocycles. The van der Waals surface area contributed by atoms with Crippen LogP contribution in [0.5, 0.6) is 0 Å². The Labute approximate surface area is 181 Å². The molecule has 158 valence electrons. The van der Waals surface area contributed by atoms with E-state index in [0.29, 0.717) is 39.9 Å². The Kier molecular flexibility index (Phi) is 4.62. The van der Waals surface area contributed by atoms with E-state index in [1.165, 1.54) is 6.07 Å². The fraction of sp³-hybridized carbons (Fsp3) is 0.238. The number of hydrogen-bond donors (Lipinski definition) is 3. The number of fused-ring (bicyclic) bond motifs is 1. The Morgan fingerprint density at radius 2 is 2.10 bits per heavy atom. The minimum absolute atomic E-state index is 0.0196. The SMILES string of the molecule is Cc1cc(Nc2cc(NC3CC3)n3ncc(C=C4CC(=O)NC4=O)c3n2)c(Cl)cc1F. The van der Waals surface area contributed by atoms with Crippen LogP contribution in [0.2, 0.25) is 5.02 Å². The number of carbonyl (C=O) groups excluding carboxylic acids is 2. The summed E-state index contributed by atoms with van der Waals surface area (Å²) < 4.78 is 15.4. The molecule has 3 aromatic rings. The van der Waals surface area contributed by atoms with Crippen molar-refractivity contribution in [3.05, 3.63) is 51.9 Å². The maximum absolute atomic E-state index is 13.8. The molecule has 31 heavy (non-hydrogen) atoms. The van der Waals surface area contributed by atoms with Gasteiger partial charge in [-0.2, -0.15) is 9.61 Å². The monoisotopic (exact) mass is 440 g/mol. The van der Waals surface area contributed by atoms with Gasteiger partial charge in [0.15, 0.2) is 5.65 Å². The number of carbonyl (C=O) groups is 2. The van der Waals surface area contributed by atoms with E-state index in [1.807, 2.05) is 0 Å². The second-order valence-corrected chi connectivity index (χ2v) is 8.12. The number of nitrogens with zero attached hydrogens (tertiary/aromatic N) is 3. The maximum atomic E-state index is 13.8. The highest BCUT2D eigenvalue weighted by Gasteiger charge is 2.26. The van der Waals surface area contributed by atoms with Crippen molar-refractivity contribution in [1.29, 1.82) is 0 Å². The summed E-state index contributed by atoms with van der Waals surface area (Å²) in [6.07, 6.45) is 5.37. The first kappa shape index (κ1) is 19.5. The van der Waals surface area contributed by atoms with Crippen LogP contribution in [0.3, 0.4) is 0 Å². The molecular formula is C21H18ClFN6O2. The van der Waals surface area contributed by atoms with E-state index in [4.69, 9.17) is 11.6 Å². The van der Waals surface area contributed by atoms with Crippen molar-refractivity contribution in [3.63, 3.8) is 0 Å². The number of halogens is 2. The van der Waals surface area contributed by atoms with Gasteiger partial charge in [0.2, 0.25) is 5.91 Å². The Morgan fingerprint density at radius 1 is 1.29 bits per heavy atom. The van der Waals surface area contributed by atoms with Crippen molar-refractivity contribution in [1.82, 2.24) is 19.9 Å². The van der Waals surface area contributed by atoms with E-state index in [1.54, 1.807) is 35.8 Å². The van der Waals surface area contributed by atoms with Gasteiger partial charge >= 0.3 is 0 Å². The molecule has 2 amide bonds. The van der Waals surface area contributed by atoms with Crippen LogP contribution in [0.15, 0.2) is 30.0 Å². The van der Waals surface area contributed by atoms with E-state index in [9.17, 15) is 14.0 Å². The molecule has 8 nitrogen and oxygen atoms in total. The van der Waals surface area contributed by atoms with Crippen LogP contribution in [0.4, 0.5) is 21.7 Å². The summed E-state index contributed by atoms with van der Waals surface area (Å²) in [5.74, 6) is 0.0744. The third kappa shape index (κ3) is 3.84. The van der Waals surface area contributed by atoms with Crippen LogP contribution in [-0.4, -0.2) is 32.5 Å². The molecule has 10 heteroatoms. The lowest BCUT2D eigenvalue weighted by Crippen LogP contribution is -2.19. The van der Waals surface area contributed by atoms with E-state index >= 15 is 0 Å². The topological polar surface area (TPSA) is 100 Å². The number of rotatable bonds is 5.